The molecule has 0 aliphatic heterocycles. The number of rotatable bonds is 7. The number of carbonyl (C=O) groups is 2. The van der Waals surface area contributed by atoms with Gasteiger partial charge in [0.1, 0.15) is 12.4 Å². The minimum Gasteiger partial charge on any atom is -0.490 e. The van der Waals surface area contributed by atoms with Crippen molar-refractivity contribution in [2.45, 2.75) is 20.0 Å². The maximum Gasteiger partial charge on any atom is 0.373 e. The van der Waals surface area contributed by atoms with Crippen LogP contribution >= 0.6 is 0 Å². The number of esters is 1. The van der Waals surface area contributed by atoms with Gasteiger partial charge in [0.05, 0.1) is 13.7 Å². The summed E-state index contributed by atoms with van der Waals surface area (Å²) in [7, 11) is 1.30. The van der Waals surface area contributed by atoms with E-state index in [1.165, 1.54) is 7.11 Å². The van der Waals surface area contributed by atoms with Gasteiger partial charge in [0.2, 0.25) is 5.76 Å². The van der Waals surface area contributed by atoms with Gasteiger partial charge < -0.3 is 18.6 Å². The molecule has 0 unspecified atom stereocenters. The summed E-state index contributed by atoms with van der Waals surface area (Å²) in [6.45, 7) is 2.49. The first-order chi connectivity index (χ1) is 15.1. The van der Waals surface area contributed by atoms with Crippen LogP contribution in [0.4, 0.5) is 0 Å². The summed E-state index contributed by atoms with van der Waals surface area (Å²) in [5, 5.41) is 0. The number of benzene rings is 2. The quantitative estimate of drug-likeness (QED) is 0.403. The molecule has 1 aromatic heterocycles. The maximum absolute atomic E-state index is 12.6. The third-order valence-corrected chi connectivity index (χ3v) is 4.96. The monoisotopic (exact) mass is 418 g/mol. The smallest absolute Gasteiger partial charge is 0.373 e. The zero-order valence-corrected chi connectivity index (χ0v) is 17.3. The lowest BCUT2D eigenvalue weighted by molar-refractivity contribution is 0.0560. The van der Waals surface area contributed by atoms with E-state index in [9.17, 15) is 9.59 Å². The van der Waals surface area contributed by atoms with Crippen molar-refractivity contribution in [3.8, 4) is 11.5 Å². The van der Waals surface area contributed by atoms with Crippen LogP contribution in [-0.4, -0.2) is 25.5 Å². The average Bonchev–Trinajstić information content (AvgIpc) is 3.38. The molecule has 31 heavy (non-hydrogen) atoms. The van der Waals surface area contributed by atoms with Crippen LogP contribution in [0, 0.1) is 0 Å². The van der Waals surface area contributed by atoms with Gasteiger partial charge in [0.15, 0.2) is 17.3 Å². The molecule has 0 radical (unpaired) electrons. The van der Waals surface area contributed by atoms with Gasteiger partial charge in [-0.15, -0.1) is 0 Å². The molecule has 3 aromatic rings. The van der Waals surface area contributed by atoms with E-state index in [1.54, 1.807) is 18.2 Å². The third-order valence-electron chi connectivity index (χ3n) is 4.96. The molecule has 0 saturated heterocycles. The number of ketones is 1. The molecule has 0 fully saturated rings. The number of allylic oxidation sites excluding steroid dienone is 1. The van der Waals surface area contributed by atoms with Crippen LogP contribution in [0.25, 0.3) is 6.08 Å². The van der Waals surface area contributed by atoms with Crippen molar-refractivity contribution in [2.75, 3.05) is 13.7 Å². The Labute approximate surface area is 180 Å². The van der Waals surface area contributed by atoms with Gasteiger partial charge in [-0.3, -0.25) is 4.79 Å². The predicted octanol–water partition coefficient (Wildman–Crippen LogP) is 4.87. The van der Waals surface area contributed by atoms with Gasteiger partial charge in [-0.25, -0.2) is 4.79 Å². The Balaban J connectivity index is 1.51. The molecule has 0 spiro atoms. The van der Waals surface area contributed by atoms with Gasteiger partial charge in [-0.05, 0) is 48.4 Å². The van der Waals surface area contributed by atoms with Crippen LogP contribution in [0.3, 0.4) is 0 Å². The van der Waals surface area contributed by atoms with Crippen LogP contribution in [0.5, 0.6) is 11.5 Å². The Kier molecular flexibility index (Phi) is 5.89. The molecule has 0 amide bonds. The Morgan fingerprint density at radius 2 is 1.90 bits per heavy atom. The van der Waals surface area contributed by atoms with Gasteiger partial charge in [-0.2, -0.15) is 0 Å². The molecule has 0 bridgehead atoms. The normalized spacial score (nSPS) is 13.9. The van der Waals surface area contributed by atoms with Gasteiger partial charge in [0, 0.05) is 17.6 Å². The summed E-state index contributed by atoms with van der Waals surface area (Å²) >= 11 is 0. The Morgan fingerprint density at radius 3 is 2.68 bits per heavy atom. The molecule has 1 aliphatic carbocycles. The van der Waals surface area contributed by atoms with E-state index in [0.717, 1.165) is 22.3 Å². The average molecular weight is 418 g/mol. The Bertz CT molecular complexity index is 1150. The fraction of sp³-hybridized carbons (Fsp3) is 0.200. The highest BCUT2D eigenvalue weighted by atomic mass is 16.5. The number of hydrogen-bond acceptors (Lipinski definition) is 6. The molecule has 2 aromatic carbocycles. The standard InChI is InChI=1S/C25H22O6/c1-3-29-23-13-16(12-18-14-17-6-4-5-7-20(17)24(18)26)8-10-21(23)30-15-19-9-11-22(31-19)25(27)28-2/h4-13H,3,14-15H2,1-2H3/b18-12+. The lowest BCUT2D eigenvalue weighted by Crippen LogP contribution is -2.00. The topological polar surface area (TPSA) is 75.0 Å². The summed E-state index contributed by atoms with van der Waals surface area (Å²) in [4.78, 5) is 24.2. The summed E-state index contributed by atoms with van der Waals surface area (Å²) in [5.74, 6) is 1.25. The predicted molar refractivity (Wildman–Crippen MR) is 114 cm³/mol. The van der Waals surface area contributed by atoms with Crippen molar-refractivity contribution in [1.82, 2.24) is 0 Å². The summed E-state index contributed by atoms with van der Waals surface area (Å²) < 4.78 is 21.6. The van der Waals surface area contributed by atoms with Crippen LogP contribution in [-0.2, 0) is 17.8 Å². The van der Waals surface area contributed by atoms with Crippen molar-refractivity contribution in [2.24, 2.45) is 0 Å². The van der Waals surface area contributed by atoms with E-state index < -0.39 is 5.97 Å². The Morgan fingerprint density at radius 1 is 1.06 bits per heavy atom. The van der Waals surface area contributed by atoms with Crippen LogP contribution in [0.1, 0.15) is 44.7 Å². The molecule has 4 rings (SSSR count). The van der Waals surface area contributed by atoms with E-state index in [1.807, 2.05) is 49.4 Å². The summed E-state index contributed by atoms with van der Waals surface area (Å²) in [6, 6.07) is 16.4. The second-order valence-electron chi connectivity index (χ2n) is 7.02. The fourth-order valence-electron chi connectivity index (χ4n) is 3.49. The number of furan rings is 1. The lowest BCUT2D eigenvalue weighted by Gasteiger charge is -2.12. The van der Waals surface area contributed by atoms with E-state index in [4.69, 9.17) is 13.9 Å². The zero-order valence-electron chi connectivity index (χ0n) is 17.3. The minimum absolute atomic E-state index is 0.0631. The van der Waals surface area contributed by atoms with Crippen LogP contribution in [0.15, 0.2) is 64.6 Å². The molecular formula is C25H22O6. The first-order valence-electron chi connectivity index (χ1n) is 9.99. The SMILES string of the molecule is CCOc1cc(/C=C2\Cc3ccccc3C2=O)ccc1OCc1ccc(C(=O)OC)o1. The molecule has 158 valence electrons. The minimum atomic E-state index is -0.540. The second-order valence-corrected chi connectivity index (χ2v) is 7.02. The number of hydrogen-bond donors (Lipinski definition) is 0. The molecular weight excluding hydrogens is 396 g/mol. The fourth-order valence-corrected chi connectivity index (χ4v) is 3.49. The molecule has 1 heterocycles. The van der Waals surface area contributed by atoms with Gasteiger partial charge in [-0.1, -0.05) is 30.3 Å². The summed E-state index contributed by atoms with van der Waals surface area (Å²) in [6.07, 6.45) is 2.52. The number of carbonyl (C=O) groups excluding carboxylic acids is 2. The number of ether oxygens (including phenoxy) is 3. The Hall–Kier alpha value is -3.80. The largest absolute Gasteiger partial charge is 0.490 e. The summed E-state index contributed by atoms with van der Waals surface area (Å²) in [5.41, 5.74) is 3.43. The van der Waals surface area contributed by atoms with Gasteiger partial charge >= 0.3 is 5.97 Å². The van der Waals surface area contributed by atoms with E-state index in [0.29, 0.717) is 30.3 Å². The molecule has 0 atom stereocenters. The van der Waals surface area contributed by atoms with Crippen molar-refractivity contribution < 1.29 is 28.2 Å². The van der Waals surface area contributed by atoms with Gasteiger partial charge in [0.25, 0.3) is 0 Å². The maximum atomic E-state index is 12.6. The van der Waals surface area contributed by atoms with E-state index in [-0.39, 0.29) is 18.2 Å². The lowest BCUT2D eigenvalue weighted by atomic mass is 10.1. The number of Topliss-reactive ketones (excluding diaryl/α,β-unsaturated/α-hetero) is 1. The molecule has 0 N–H and O–H groups in total. The van der Waals surface area contributed by atoms with Crippen molar-refractivity contribution in [1.29, 1.82) is 0 Å². The number of methoxy groups -OCH3 is 1. The van der Waals surface area contributed by atoms with Crippen molar-refractivity contribution in [3.63, 3.8) is 0 Å². The number of fused-ring (bicyclic) bond motifs is 1. The van der Waals surface area contributed by atoms with E-state index >= 15 is 0 Å². The second kappa shape index (κ2) is 8.92. The van der Waals surface area contributed by atoms with Crippen molar-refractivity contribution in [3.05, 3.63) is 88.4 Å². The highest BCUT2D eigenvalue weighted by Crippen LogP contribution is 2.32. The molecule has 0 saturated carbocycles. The highest BCUT2D eigenvalue weighted by molar-refractivity contribution is 6.15. The van der Waals surface area contributed by atoms with Crippen LogP contribution < -0.4 is 9.47 Å². The van der Waals surface area contributed by atoms with Crippen LogP contribution in [0.2, 0.25) is 0 Å². The molecule has 6 heteroatoms. The molecule has 6 nitrogen and oxygen atoms in total. The van der Waals surface area contributed by atoms with E-state index in [2.05, 4.69) is 4.74 Å². The zero-order chi connectivity index (χ0) is 21.8. The first-order valence-corrected chi connectivity index (χ1v) is 9.99. The highest BCUT2D eigenvalue weighted by Gasteiger charge is 2.24. The molecule has 1 aliphatic rings. The van der Waals surface area contributed by atoms with Crippen molar-refractivity contribution >= 4 is 17.8 Å². The first kappa shape index (κ1) is 20.5. The third kappa shape index (κ3) is 4.38.